The van der Waals surface area contributed by atoms with Crippen LogP contribution in [0.5, 0.6) is 0 Å². The molecule has 0 saturated heterocycles. The first kappa shape index (κ1) is 14.5. The monoisotopic (exact) mass is 241 g/mol. The number of amides is 1. The summed E-state index contributed by atoms with van der Waals surface area (Å²) in [5.74, 6) is 0.106. The minimum Gasteiger partial charge on any atom is -0.350 e. The summed E-state index contributed by atoms with van der Waals surface area (Å²) in [7, 11) is 2.03. The normalized spacial score (nSPS) is 26.0. The summed E-state index contributed by atoms with van der Waals surface area (Å²) in [5, 5.41) is 2.99. The van der Waals surface area contributed by atoms with E-state index in [9.17, 15) is 4.79 Å². The molecular weight excluding hydrogens is 214 g/mol. The second-order valence-corrected chi connectivity index (χ2v) is 6.28. The molecule has 0 aromatic rings. The van der Waals surface area contributed by atoms with E-state index in [1.807, 2.05) is 27.8 Å². The fraction of sp³-hybridized carbons (Fsp3) is 0.923. The van der Waals surface area contributed by atoms with E-state index >= 15 is 0 Å². The third-order valence-corrected chi connectivity index (χ3v) is 3.27. The van der Waals surface area contributed by atoms with Crippen LogP contribution < -0.4 is 11.1 Å². The number of nitrogens with two attached hydrogens (primary N) is 1. The van der Waals surface area contributed by atoms with E-state index in [0.29, 0.717) is 18.6 Å². The average Bonchev–Trinajstić information content (AvgIpc) is 2.15. The van der Waals surface area contributed by atoms with Gasteiger partial charge in [-0.15, -0.1) is 0 Å². The molecule has 0 atom stereocenters. The molecule has 0 bridgehead atoms. The standard InChI is InChI=1S/C13H27N3O/c1-13(2,3)15-12(17)9-16(4)11-7-5-10(14)6-8-11/h10-11H,5-9,14H2,1-4H3,(H,15,17). The Kier molecular flexibility index (Phi) is 4.95. The van der Waals surface area contributed by atoms with Crippen LogP contribution in [0.1, 0.15) is 46.5 Å². The fourth-order valence-electron chi connectivity index (χ4n) is 2.36. The zero-order chi connectivity index (χ0) is 13.1. The fourth-order valence-corrected chi connectivity index (χ4v) is 2.36. The van der Waals surface area contributed by atoms with E-state index in [-0.39, 0.29) is 11.4 Å². The van der Waals surface area contributed by atoms with Gasteiger partial charge < -0.3 is 11.1 Å². The Balaban J connectivity index is 2.33. The molecule has 1 fully saturated rings. The molecule has 0 aliphatic heterocycles. The zero-order valence-corrected chi connectivity index (χ0v) is 11.6. The van der Waals surface area contributed by atoms with Crippen molar-refractivity contribution >= 4 is 5.91 Å². The third-order valence-electron chi connectivity index (χ3n) is 3.27. The molecular formula is C13H27N3O. The molecule has 17 heavy (non-hydrogen) atoms. The predicted octanol–water partition coefficient (Wildman–Crippen LogP) is 1.10. The highest BCUT2D eigenvalue weighted by Gasteiger charge is 2.24. The Hall–Kier alpha value is -0.610. The van der Waals surface area contributed by atoms with Gasteiger partial charge in [0.05, 0.1) is 6.54 Å². The van der Waals surface area contributed by atoms with E-state index in [1.165, 1.54) is 0 Å². The van der Waals surface area contributed by atoms with Crippen LogP contribution in [0.25, 0.3) is 0 Å². The Morgan fingerprint density at radius 3 is 2.29 bits per heavy atom. The lowest BCUT2D eigenvalue weighted by Gasteiger charge is -2.33. The number of nitrogens with zero attached hydrogens (tertiary/aromatic N) is 1. The third kappa shape index (κ3) is 5.50. The van der Waals surface area contributed by atoms with E-state index in [1.54, 1.807) is 0 Å². The van der Waals surface area contributed by atoms with Crippen molar-refractivity contribution in [3.63, 3.8) is 0 Å². The molecule has 0 spiro atoms. The highest BCUT2D eigenvalue weighted by Crippen LogP contribution is 2.20. The molecule has 3 N–H and O–H groups in total. The number of carbonyl (C=O) groups excluding carboxylic acids is 1. The second kappa shape index (κ2) is 5.83. The molecule has 1 aliphatic carbocycles. The van der Waals surface area contributed by atoms with E-state index in [2.05, 4.69) is 10.2 Å². The summed E-state index contributed by atoms with van der Waals surface area (Å²) in [6.45, 7) is 6.50. The van der Waals surface area contributed by atoms with Crippen LogP contribution in [0.3, 0.4) is 0 Å². The SMILES string of the molecule is CN(CC(=O)NC(C)(C)C)C1CCC(N)CC1. The maximum atomic E-state index is 11.8. The van der Waals surface area contributed by atoms with Gasteiger partial charge in [0, 0.05) is 17.6 Å². The number of nitrogens with one attached hydrogen (secondary N) is 1. The van der Waals surface area contributed by atoms with Crippen LogP contribution in [-0.2, 0) is 4.79 Å². The molecule has 0 heterocycles. The van der Waals surface area contributed by atoms with Crippen molar-refractivity contribution in [1.29, 1.82) is 0 Å². The van der Waals surface area contributed by atoms with E-state index < -0.39 is 0 Å². The summed E-state index contributed by atoms with van der Waals surface area (Å²) in [6, 6.07) is 0.878. The molecule has 0 aromatic carbocycles. The van der Waals surface area contributed by atoms with Gasteiger partial charge in [0.1, 0.15) is 0 Å². The number of carbonyl (C=O) groups is 1. The van der Waals surface area contributed by atoms with E-state index in [0.717, 1.165) is 25.7 Å². The van der Waals surface area contributed by atoms with Crippen molar-refractivity contribution in [3.8, 4) is 0 Å². The van der Waals surface area contributed by atoms with Gasteiger partial charge in [-0.05, 0) is 53.5 Å². The van der Waals surface area contributed by atoms with Crippen molar-refractivity contribution in [2.24, 2.45) is 5.73 Å². The Morgan fingerprint density at radius 2 is 1.82 bits per heavy atom. The minimum absolute atomic E-state index is 0.106. The maximum Gasteiger partial charge on any atom is 0.234 e. The molecule has 100 valence electrons. The number of hydrogen-bond donors (Lipinski definition) is 2. The van der Waals surface area contributed by atoms with E-state index in [4.69, 9.17) is 5.73 Å². The quantitative estimate of drug-likeness (QED) is 0.778. The van der Waals surface area contributed by atoms with Gasteiger partial charge in [0.2, 0.25) is 5.91 Å². The van der Waals surface area contributed by atoms with Crippen molar-refractivity contribution in [2.75, 3.05) is 13.6 Å². The zero-order valence-electron chi connectivity index (χ0n) is 11.6. The Morgan fingerprint density at radius 1 is 1.29 bits per heavy atom. The largest absolute Gasteiger partial charge is 0.350 e. The summed E-state index contributed by atoms with van der Waals surface area (Å²) < 4.78 is 0. The molecule has 1 saturated carbocycles. The van der Waals surface area contributed by atoms with Crippen molar-refractivity contribution < 1.29 is 4.79 Å². The van der Waals surface area contributed by atoms with Gasteiger partial charge >= 0.3 is 0 Å². The topological polar surface area (TPSA) is 58.4 Å². The molecule has 1 aliphatic rings. The van der Waals surface area contributed by atoms with Crippen molar-refractivity contribution in [1.82, 2.24) is 10.2 Å². The maximum absolute atomic E-state index is 11.8. The first-order chi connectivity index (χ1) is 7.78. The highest BCUT2D eigenvalue weighted by atomic mass is 16.2. The number of hydrogen-bond acceptors (Lipinski definition) is 3. The molecule has 1 amide bonds. The lowest BCUT2D eigenvalue weighted by Crippen LogP contribution is -2.48. The molecule has 4 heteroatoms. The number of likely N-dealkylation sites (N-methyl/N-ethyl adjacent to an activating group) is 1. The minimum atomic E-state index is -0.146. The Labute approximate surface area is 105 Å². The smallest absolute Gasteiger partial charge is 0.234 e. The van der Waals surface area contributed by atoms with Gasteiger partial charge in [0.15, 0.2) is 0 Å². The summed E-state index contributed by atoms with van der Waals surface area (Å²) in [5.41, 5.74) is 5.74. The predicted molar refractivity (Wildman–Crippen MR) is 70.8 cm³/mol. The molecule has 0 radical (unpaired) electrons. The van der Waals surface area contributed by atoms with Gasteiger partial charge in [-0.1, -0.05) is 0 Å². The van der Waals surface area contributed by atoms with Crippen LogP contribution in [0, 0.1) is 0 Å². The first-order valence-corrected chi connectivity index (χ1v) is 6.55. The Bertz CT molecular complexity index is 252. The summed E-state index contributed by atoms with van der Waals surface area (Å²) >= 11 is 0. The van der Waals surface area contributed by atoms with Crippen LogP contribution >= 0.6 is 0 Å². The van der Waals surface area contributed by atoms with Crippen LogP contribution in [0.15, 0.2) is 0 Å². The van der Waals surface area contributed by atoms with Crippen molar-refractivity contribution in [3.05, 3.63) is 0 Å². The number of rotatable bonds is 3. The van der Waals surface area contributed by atoms with Crippen LogP contribution in [0.2, 0.25) is 0 Å². The van der Waals surface area contributed by atoms with Crippen molar-refractivity contribution in [2.45, 2.75) is 64.1 Å². The molecule has 1 rings (SSSR count). The summed E-state index contributed by atoms with van der Waals surface area (Å²) in [6.07, 6.45) is 4.38. The van der Waals surface area contributed by atoms with Crippen LogP contribution in [0.4, 0.5) is 0 Å². The van der Waals surface area contributed by atoms with Gasteiger partial charge in [0.25, 0.3) is 0 Å². The second-order valence-electron chi connectivity index (χ2n) is 6.28. The lowest BCUT2D eigenvalue weighted by atomic mass is 9.91. The van der Waals surface area contributed by atoms with Gasteiger partial charge in [-0.2, -0.15) is 0 Å². The summed E-state index contributed by atoms with van der Waals surface area (Å²) in [4.78, 5) is 14.0. The van der Waals surface area contributed by atoms with Gasteiger partial charge in [-0.25, -0.2) is 0 Å². The molecule has 4 nitrogen and oxygen atoms in total. The lowest BCUT2D eigenvalue weighted by molar-refractivity contribution is -0.124. The molecule has 0 aromatic heterocycles. The van der Waals surface area contributed by atoms with Crippen LogP contribution in [-0.4, -0.2) is 42.0 Å². The van der Waals surface area contributed by atoms with Gasteiger partial charge in [-0.3, -0.25) is 9.69 Å². The highest BCUT2D eigenvalue weighted by molar-refractivity contribution is 5.78. The molecule has 0 unspecified atom stereocenters. The first-order valence-electron chi connectivity index (χ1n) is 6.55. The average molecular weight is 241 g/mol.